The van der Waals surface area contributed by atoms with Crippen LogP contribution in [0.2, 0.25) is 0 Å². The first-order valence-corrected chi connectivity index (χ1v) is 9.74. The van der Waals surface area contributed by atoms with Gasteiger partial charge in [-0.2, -0.15) is 11.8 Å². The second-order valence-corrected chi connectivity index (χ2v) is 7.79. The summed E-state index contributed by atoms with van der Waals surface area (Å²) in [5.74, 6) is 2.01. The molecule has 0 aromatic heterocycles. The average Bonchev–Trinajstić information content (AvgIpc) is 2.46. The van der Waals surface area contributed by atoms with E-state index in [1.165, 1.54) is 37.9 Å². The summed E-state index contributed by atoms with van der Waals surface area (Å²) >= 11 is 2.11. The molecule has 0 saturated heterocycles. The van der Waals surface area contributed by atoms with Crippen LogP contribution in [0, 0.1) is 0 Å². The molecule has 2 unspecified atom stereocenters. The maximum Gasteiger partial charge on any atom is 0.0414 e. The second-order valence-electron chi connectivity index (χ2n) is 6.32. The van der Waals surface area contributed by atoms with Gasteiger partial charge in [0.05, 0.1) is 0 Å². The fraction of sp³-hybridized carbons (Fsp3) is 0.684. The number of benzene rings is 1. The maximum absolute atomic E-state index is 3.79. The fourth-order valence-corrected chi connectivity index (χ4v) is 3.93. The van der Waals surface area contributed by atoms with Gasteiger partial charge in [0.15, 0.2) is 0 Å². The highest BCUT2D eigenvalue weighted by Crippen LogP contribution is 2.40. The minimum atomic E-state index is 0.515. The van der Waals surface area contributed by atoms with Crippen LogP contribution in [0.4, 0.5) is 0 Å². The Labute approximate surface area is 135 Å². The summed E-state index contributed by atoms with van der Waals surface area (Å²) in [7, 11) is 0. The van der Waals surface area contributed by atoms with Gasteiger partial charge in [-0.15, -0.1) is 0 Å². The molecule has 2 atom stereocenters. The van der Waals surface area contributed by atoms with Crippen molar-refractivity contribution in [2.45, 2.75) is 70.1 Å². The van der Waals surface area contributed by atoms with Crippen molar-refractivity contribution in [1.82, 2.24) is 5.32 Å². The average molecular weight is 306 g/mol. The van der Waals surface area contributed by atoms with Crippen LogP contribution in [-0.4, -0.2) is 17.5 Å². The van der Waals surface area contributed by atoms with Crippen molar-refractivity contribution in [3.8, 4) is 0 Å². The number of hydrogen-bond acceptors (Lipinski definition) is 2. The van der Waals surface area contributed by atoms with Gasteiger partial charge in [-0.25, -0.2) is 0 Å². The SMILES string of the molecule is CCCNC(CSC(C)CC)c1ccccc1C1CCC1. The van der Waals surface area contributed by atoms with Gasteiger partial charge in [0.1, 0.15) is 0 Å². The van der Waals surface area contributed by atoms with Crippen molar-refractivity contribution in [3.05, 3.63) is 35.4 Å². The highest BCUT2D eigenvalue weighted by molar-refractivity contribution is 7.99. The molecule has 0 radical (unpaired) electrons. The lowest BCUT2D eigenvalue weighted by Gasteiger charge is -2.31. The monoisotopic (exact) mass is 305 g/mol. The van der Waals surface area contributed by atoms with Crippen LogP contribution >= 0.6 is 11.8 Å². The molecule has 0 spiro atoms. The van der Waals surface area contributed by atoms with Gasteiger partial charge in [0, 0.05) is 17.0 Å². The summed E-state index contributed by atoms with van der Waals surface area (Å²) in [6, 6.07) is 9.68. The Morgan fingerprint density at radius 2 is 2.00 bits per heavy atom. The summed E-state index contributed by atoms with van der Waals surface area (Å²) in [4.78, 5) is 0. The first-order chi connectivity index (χ1) is 10.3. The lowest BCUT2D eigenvalue weighted by molar-refractivity contribution is 0.413. The van der Waals surface area contributed by atoms with Gasteiger partial charge in [-0.1, -0.05) is 51.5 Å². The van der Waals surface area contributed by atoms with Crippen LogP contribution in [-0.2, 0) is 0 Å². The third-order valence-electron chi connectivity index (χ3n) is 4.68. The quantitative estimate of drug-likeness (QED) is 0.644. The number of thioether (sulfide) groups is 1. The van der Waals surface area contributed by atoms with E-state index in [4.69, 9.17) is 0 Å². The smallest absolute Gasteiger partial charge is 0.0414 e. The molecule has 21 heavy (non-hydrogen) atoms. The van der Waals surface area contributed by atoms with Crippen LogP contribution in [0.3, 0.4) is 0 Å². The van der Waals surface area contributed by atoms with E-state index in [0.29, 0.717) is 6.04 Å². The van der Waals surface area contributed by atoms with Gasteiger partial charge in [-0.3, -0.25) is 0 Å². The number of nitrogens with one attached hydrogen (secondary N) is 1. The summed E-state index contributed by atoms with van der Waals surface area (Å²) in [6.07, 6.45) is 6.64. The van der Waals surface area contributed by atoms with E-state index in [1.807, 2.05) is 0 Å². The maximum atomic E-state index is 3.79. The standard InChI is InChI=1S/C19H31NS/c1-4-13-20-19(14-21-15(3)5-2)18-12-7-6-11-17(18)16-9-8-10-16/h6-7,11-12,15-16,19-20H,4-5,8-10,13-14H2,1-3H3. The molecule has 1 saturated carbocycles. The van der Waals surface area contributed by atoms with E-state index in [0.717, 1.165) is 17.7 Å². The van der Waals surface area contributed by atoms with Gasteiger partial charge in [0.2, 0.25) is 0 Å². The van der Waals surface area contributed by atoms with Crippen molar-refractivity contribution in [1.29, 1.82) is 0 Å². The van der Waals surface area contributed by atoms with Crippen molar-refractivity contribution in [3.63, 3.8) is 0 Å². The molecular formula is C19H31NS. The third kappa shape index (κ3) is 4.75. The van der Waals surface area contributed by atoms with E-state index in [-0.39, 0.29) is 0 Å². The molecular weight excluding hydrogens is 274 g/mol. The minimum absolute atomic E-state index is 0.515. The number of rotatable bonds is 9. The zero-order valence-corrected chi connectivity index (χ0v) is 14.7. The molecule has 0 bridgehead atoms. The van der Waals surface area contributed by atoms with Crippen LogP contribution in [0.1, 0.15) is 76.0 Å². The van der Waals surface area contributed by atoms with E-state index in [2.05, 4.69) is 62.1 Å². The molecule has 1 aromatic carbocycles. The Morgan fingerprint density at radius 3 is 2.62 bits per heavy atom. The highest BCUT2D eigenvalue weighted by atomic mass is 32.2. The summed E-state index contributed by atoms with van der Waals surface area (Å²) in [5, 5.41) is 4.54. The normalized spacial score (nSPS) is 18.2. The summed E-state index contributed by atoms with van der Waals surface area (Å²) in [5.41, 5.74) is 3.17. The molecule has 1 aromatic rings. The van der Waals surface area contributed by atoms with Crippen molar-refractivity contribution < 1.29 is 0 Å². The molecule has 118 valence electrons. The molecule has 1 nitrogen and oxygen atoms in total. The molecule has 1 fully saturated rings. The van der Waals surface area contributed by atoms with Crippen LogP contribution in [0.25, 0.3) is 0 Å². The van der Waals surface area contributed by atoms with E-state index >= 15 is 0 Å². The number of hydrogen-bond donors (Lipinski definition) is 1. The van der Waals surface area contributed by atoms with Gasteiger partial charge < -0.3 is 5.32 Å². The fourth-order valence-electron chi connectivity index (χ4n) is 2.87. The molecule has 0 heterocycles. The lowest BCUT2D eigenvalue weighted by Crippen LogP contribution is -2.27. The Morgan fingerprint density at radius 1 is 1.24 bits per heavy atom. The van der Waals surface area contributed by atoms with Gasteiger partial charge in [-0.05, 0) is 49.3 Å². The summed E-state index contributed by atoms with van der Waals surface area (Å²) < 4.78 is 0. The largest absolute Gasteiger partial charge is 0.309 e. The van der Waals surface area contributed by atoms with Crippen LogP contribution in [0.5, 0.6) is 0 Å². The van der Waals surface area contributed by atoms with E-state index < -0.39 is 0 Å². The predicted octanol–water partition coefficient (Wildman–Crippen LogP) is 5.53. The Balaban J connectivity index is 2.10. The van der Waals surface area contributed by atoms with Gasteiger partial charge >= 0.3 is 0 Å². The molecule has 1 N–H and O–H groups in total. The van der Waals surface area contributed by atoms with E-state index in [9.17, 15) is 0 Å². The predicted molar refractivity (Wildman–Crippen MR) is 96.3 cm³/mol. The minimum Gasteiger partial charge on any atom is -0.309 e. The van der Waals surface area contributed by atoms with Crippen molar-refractivity contribution in [2.24, 2.45) is 0 Å². The summed E-state index contributed by atoms with van der Waals surface area (Å²) in [6.45, 7) is 8.00. The first-order valence-electron chi connectivity index (χ1n) is 8.70. The highest BCUT2D eigenvalue weighted by Gasteiger charge is 2.24. The Kier molecular flexibility index (Phi) is 7.12. The van der Waals surface area contributed by atoms with Gasteiger partial charge in [0.25, 0.3) is 0 Å². The third-order valence-corrected chi connectivity index (χ3v) is 6.11. The molecule has 2 heteroatoms. The molecule has 0 amide bonds. The molecule has 0 aliphatic heterocycles. The Bertz CT molecular complexity index is 414. The van der Waals surface area contributed by atoms with Crippen molar-refractivity contribution >= 4 is 11.8 Å². The topological polar surface area (TPSA) is 12.0 Å². The zero-order valence-electron chi connectivity index (χ0n) is 13.9. The molecule has 2 rings (SSSR count). The Hall–Kier alpha value is -0.470. The van der Waals surface area contributed by atoms with Crippen LogP contribution < -0.4 is 5.32 Å². The van der Waals surface area contributed by atoms with Crippen molar-refractivity contribution in [2.75, 3.05) is 12.3 Å². The lowest BCUT2D eigenvalue weighted by atomic mass is 9.77. The second kappa shape index (κ2) is 8.85. The first kappa shape index (κ1) is 16.9. The zero-order chi connectivity index (χ0) is 15.1. The van der Waals surface area contributed by atoms with Crippen LogP contribution in [0.15, 0.2) is 24.3 Å². The van der Waals surface area contributed by atoms with E-state index in [1.54, 1.807) is 11.1 Å². The molecule has 1 aliphatic carbocycles. The molecule has 1 aliphatic rings.